The number of nitrogens with zero attached hydrogens (tertiary/aromatic N) is 1. The summed E-state index contributed by atoms with van der Waals surface area (Å²) in [4.78, 5) is 4.11. The van der Waals surface area contributed by atoms with Crippen LogP contribution in [0.5, 0.6) is 5.75 Å². The lowest BCUT2D eigenvalue weighted by Gasteiger charge is -2.12. The molecule has 0 saturated carbocycles. The molecule has 94 valence electrons. The first-order valence-electron chi connectivity index (χ1n) is 5.68. The Morgan fingerprint density at radius 2 is 2.00 bits per heavy atom. The van der Waals surface area contributed by atoms with Crippen molar-refractivity contribution >= 4 is 11.6 Å². The van der Waals surface area contributed by atoms with Crippen LogP contribution in [0.2, 0.25) is 5.02 Å². The number of benzene rings is 1. The lowest BCUT2D eigenvalue weighted by atomic mass is 10.0. The van der Waals surface area contributed by atoms with Gasteiger partial charge in [0.1, 0.15) is 5.75 Å². The SMILES string of the molecule is COc1cncc(C(N)Cc2ccc(Cl)cc2)c1. The van der Waals surface area contributed by atoms with E-state index in [2.05, 4.69) is 4.98 Å². The summed E-state index contributed by atoms with van der Waals surface area (Å²) in [5.41, 5.74) is 8.27. The molecule has 1 aromatic carbocycles. The molecule has 0 radical (unpaired) electrons. The molecule has 2 N–H and O–H groups in total. The highest BCUT2D eigenvalue weighted by atomic mass is 35.5. The van der Waals surface area contributed by atoms with Gasteiger partial charge in [-0.15, -0.1) is 0 Å². The van der Waals surface area contributed by atoms with Gasteiger partial charge in [0.05, 0.1) is 13.3 Å². The topological polar surface area (TPSA) is 48.1 Å². The molecule has 1 atom stereocenters. The Balaban J connectivity index is 2.11. The van der Waals surface area contributed by atoms with Gasteiger partial charge in [-0.1, -0.05) is 23.7 Å². The van der Waals surface area contributed by atoms with E-state index in [9.17, 15) is 0 Å². The number of halogens is 1. The van der Waals surface area contributed by atoms with Gasteiger partial charge in [0.25, 0.3) is 0 Å². The molecule has 0 saturated heterocycles. The Labute approximate surface area is 112 Å². The first kappa shape index (κ1) is 12.9. The molecule has 2 aromatic rings. The molecule has 2 rings (SSSR count). The van der Waals surface area contributed by atoms with Gasteiger partial charge < -0.3 is 10.5 Å². The third-order valence-corrected chi connectivity index (χ3v) is 3.02. The summed E-state index contributed by atoms with van der Waals surface area (Å²) in [5, 5.41) is 0.732. The number of nitrogens with two attached hydrogens (primary N) is 1. The fourth-order valence-electron chi connectivity index (χ4n) is 1.74. The number of hydrogen-bond acceptors (Lipinski definition) is 3. The average Bonchev–Trinajstić information content (AvgIpc) is 2.41. The van der Waals surface area contributed by atoms with E-state index in [1.165, 1.54) is 0 Å². The summed E-state index contributed by atoms with van der Waals surface area (Å²) in [5.74, 6) is 0.721. The van der Waals surface area contributed by atoms with E-state index in [1.807, 2.05) is 30.3 Å². The standard InChI is InChI=1S/C14H15ClN2O/c1-18-13-7-11(8-17-9-13)14(16)6-10-2-4-12(15)5-3-10/h2-5,7-9,14H,6,16H2,1H3. The van der Waals surface area contributed by atoms with Crippen LogP contribution in [0.1, 0.15) is 17.2 Å². The molecule has 1 heterocycles. The molecule has 0 aliphatic heterocycles. The number of pyridine rings is 1. The molecule has 0 fully saturated rings. The summed E-state index contributed by atoms with van der Waals surface area (Å²) in [6.07, 6.45) is 4.17. The monoisotopic (exact) mass is 262 g/mol. The number of hydrogen-bond donors (Lipinski definition) is 1. The van der Waals surface area contributed by atoms with Crippen LogP contribution in [-0.2, 0) is 6.42 Å². The van der Waals surface area contributed by atoms with Crippen LogP contribution in [-0.4, -0.2) is 12.1 Å². The minimum Gasteiger partial charge on any atom is -0.495 e. The average molecular weight is 263 g/mol. The second-order valence-electron chi connectivity index (χ2n) is 4.10. The van der Waals surface area contributed by atoms with Crippen molar-refractivity contribution in [1.29, 1.82) is 0 Å². The Morgan fingerprint density at radius 1 is 1.28 bits per heavy atom. The van der Waals surface area contributed by atoms with E-state index in [4.69, 9.17) is 22.1 Å². The number of rotatable bonds is 4. The molecule has 0 bridgehead atoms. The Hall–Kier alpha value is -1.58. The summed E-state index contributed by atoms with van der Waals surface area (Å²) in [6.45, 7) is 0. The molecule has 18 heavy (non-hydrogen) atoms. The molecule has 0 aliphatic rings. The van der Waals surface area contributed by atoms with Crippen molar-refractivity contribution in [3.63, 3.8) is 0 Å². The molecule has 3 nitrogen and oxygen atoms in total. The number of methoxy groups -OCH3 is 1. The second kappa shape index (κ2) is 5.85. The van der Waals surface area contributed by atoms with E-state index in [0.29, 0.717) is 0 Å². The van der Waals surface area contributed by atoms with Crippen molar-refractivity contribution < 1.29 is 4.74 Å². The van der Waals surface area contributed by atoms with Crippen LogP contribution in [0.15, 0.2) is 42.7 Å². The zero-order valence-electron chi connectivity index (χ0n) is 10.1. The highest BCUT2D eigenvalue weighted by Gasteiger charge is 2.08. The van der Waals surface area contributed by atoms with Gasteiger partial charge in [-0.3, -0.25) is 4.98 Å². The van der Waals surface area contributed by atoms with Crippen molar-refractivity contribution in [2.45, 2.75) is 12.5 Å². The van der Waals surface area contributed by atoms with Crippen molar-refractivity contribution in [2.24, 2.45) is 5.73 Å². The van der Waals surface area contributed by atoms with Gasteiger partial charge in [0, 0.05) is 17.3 Å². The van der Waals surface area contributed by atoms with E-state index < -0.39 is 0 Å². The summed E-state index contributed by atoms with van der Waals surface area (Å²) >= 11 is 5.85. The largest absolute Gasteiger partial charge is 0.495 e. The Bertz CT molecular complexity index is 513. The fraction of sp³-hybridized carbons (Fsp3) is 0.214. The van der Waals surface area contributed by atoms with Gasteiger partial charge in [-0.25, -0.2) is 0 Å². The molecular weight excluding hydrogens is 248 g/mol. The molecule has 0 aliphatic carbocycles. The minimum atomic E-state index is -0.103. The zero-order chi connectivity index (χ0) is 13.0. The molecule has 1 unspecified atom stereocenters. The second-order valence-corrected chi connectivity index (χ2v) is 4.53. The quantitative estimate of drug-likeness (QED) is 0.922. The summed E-state index contributed by atoms with van der Waals surface area (Å²) in [6, 6.07) is 9.51. The molecular formula is C14H15ClN2O. The van der Waals surface area contributed by atoms with E-state index >= 15 is 0 Å². The highest BCUT2D eigenvalue weighted by Crippen LogP contribution is 2.20. The van der Waals surface area contributed by atoms with Gasteiger partial charge >= 0.3 is 0 Å². The molecule has 0 amide bonds. The number of aromatic nitrogens is 1. The third kappa shape index (κ3) is 3.22. The lowest BCUT2D eigenvalue weighted by molar-refractivity contribution is 0.411. The molecule has 1 aromatic heterocycles. The van der Waals surface area contributed by atoms with Crippen molar-refractivity contribution in [2.75, 3.05) is 7.11 Å². The van der Waals surface area contributed by atoms with Crippen molar-refractivity contribution in [3.05, 3.63) is 58.9 Å². The zero-order valence-corrected chi connectivity index (χ0v) is 10.9. The van der Waals surface area contributed by atoms with E-state index in [1.54, 1.807) is 19.5 Å². The van der Waals surface area contributed by atoms with Crippen molar-refractivity contribution in [3.8, 4) is 5.75 Å². The van der Waals surface area contributed by atoms with Crippen LogP contribution in [0.25, 0.3) is 0 Å². The van der Waals surface area contributed by atoms with Crippen LogP contribution >= 0.6 is 11.6 Å². The van der Waals surface area contributed by atoms with Crippen LogP contribution in [0.3, 0.4) is 0 Å². The summed E-state index contributed by atoms with van der Waals surface area (Å²) in [7, 11) is 1.62. The first-order chi connectivity index (χ1) is 8.69. The smallest absolute Gasteiger partial charge is 0.137 e. The third-order valence-electron chi connectivity index (χ3n) is 2.77. The maximum absolute atomic E-state index is 6.16. The molecule has 4 heteroatoms. The van der Waals surface area contributed by atoms with Crippen LogP contribution in [0.4, 0.5) is 0 Å². The molecule has 0 spiro atoms. The van der Waals surface area contributed by atoms with Crippen LogP contribution in [0, 0.1) is 0 Å². The first-order valence-corrected chi connectivity index (χ1v) is 6.06. The highest BCUT2D eigenvalue weighted by molar-refractivity contribution is 6.30. The van der Waals surface area contributed by atoms with E-state index in [0.717, 1.165) is 28.3 Å². The lowest BCUT2D eigenvalue weighted by Crippen LogP contribution is -2.13. The summed E-state index contributed by atoms with van der Waals surface area (Å²) < 4.78 is 5.14. The Kier molecular flexibility index (Phi) is 4.18. The normalized spacial score (nSPS) is 12.2. The maximum Gasteiger partial charge on any atom is 0.137 e. The van der Waals surface area contributed by atoms with Gasteiger partial charge in [-0.05, 0) is 35.7 Å². The fourth-order valence-corrected chi connectivity index (χ4v) is 1.87. The number of ether oxygens (including phenoxy) is 1. The van der Waals surface area contributed by atoms with Gasteiger partial charge in [-0.2, -0.15) is 0 Å². The van der Waals surface area contributed by atoms with Crippen LogP contribution < -0.4 is 10.5 Å². The van der Waals surface area contributed by atoms with Crippen molar-refractivity contribution in [1.82, 2.24) is 4.98 Å². The van der Waals surface area contributed by atoms with Gasteiger partial charge in [0.15, 0.2) is 0 Å². The van der Waals surface area contributed by atoms with E-state index in [-0.39, 0.29) is 6.04 Å². The predicted octanol–water partition coefficient (Wildman–Crippen LogP) is 2.99. The van der Waals surface area contributed by atoms with Gasteiger partial charge in [0.2, 0.25) is 0 Å². The maximum atomic E-state index is 6.16. The minimum absolute atomic E-state index is 0.103. The predicted molar refractivity (Wildman–Crippen MR) is 72.9 cm³/mol. The Morgan fingerprint density at radius 3 is 2.67 bits per heavy atom.